The van der Waals surface area contributed by atoms with E-state index >= 15 is 0 Å². The van der Waals surface area contributed by atoms with Crippen molar-refractivity contribution in [3.8, 4) is 17.0 Å². The largest absolute Gasteiger partial charge is 0.508 e. The van der Waals surface area contributed by atoms with Gasteiger partial charge in [-0.05, 0) is 38.4 Å². The number of aromatic hydroxyl groups is 1. The van der Waals surface area contributed by atoms with Crippen LogP contribution in [0.3, 0.4) is 0 Å². The van der Waals surface area contributed by atoms with Crippen molar-refractivity contribution in [1.82, 2.24) is 14.8 Å². The van der Waals surface area contributed by atoms with Gasteiger partial charge in [-0.2, -0.15) is 0 Å². The number of phenolic OH excluding ortho intramolecular Hbond substituents is 1. The lowest BCUT2D eigenvalue weighted by Crippen LogP contribution is -2.34. The van der Waals surface area contributed by atoms with Crippen LogP contribution in [0.2, 0.25) is 0 Å². The number of carbonyl (C=O) groups excluding carboxylic acids is 1. The van der Waals surface area contributed by atoms with Crippen LogP contribution >= 0.6 is 0 Å². The highest BCUT2D eigenvalue weighted by Crippen LogP contribution is 2.25. The van der Waals surface area contributed by atoms with E-state index in [9.17, 15) is 9.90 Å². The van der Waals surface area contributed by atoms with Crippen LogP contribution in [0.4, 0.5) is 5.82 Å². The van der Waals surface area contributed by atoms with Gasteiger partial charge in [0.1, 0.15) is 11.6 Å². The second-order valence-corrected chi connectivity index (χ2v) is 6.59. The standard InChI is InChI=1S/C20H28N4O3/c1-23(2)11-12-24(3)20(26)17-8-9-18(15-6-5-7-16(25)14-15)22-19(17)21-10-13-27-4/h5-9,14,25H,10-13H2,1-4H3,(H,21,22). The number of nitrogens with one attached hydrogen (secondary N) is 1. The van der Waals surface area contributed by atoms with E-state index in [-0.39, 0.29) is 11.7 Å². The Hall–Kier alpha value is -2.64. The zero-order chi connectivity index (χ0) is 19.8. The summed E-state index contributed by atoms with van der Waals surface area (Å²) in [6, 6.07) is 10.5. The molecule has 2 N–H and O–H groups in total. The van der Waals surface area contributed by atoms with Crippen LogP contribution in [0, 0.1) is 0 Å². The van der Waals surface area contributed by atoms with Gasteiger partial charge in [0.15, 0.2) is 0 Å². The molecule has 1 aromatic carbocycles. The first-order valence-corrected chi connectivity index (χ1v) is 8.86. The molecule has 0 radical (unpaired) electrons. The summed E-state index contributed by atoms with van der Waals surface area (Å²) in [5.74, 6) is 0.591. The maximum atomic E-state index is 12.9. The van der Waals surface area contributed by atoms with Crippen molar-refractivity contribution in [3.05, 3.63) is 42.0 Å². The summed E-state index contributed by atoms with van der Waals surface area (Å²) in [6.45, 7) is 2.44. The molecule has 0 atom stereocenters. The number of carbonyl (C=O) groups is 1. The molecular weight excluding hydrogens is 344 g/mol. The number of ether oxygens (including phenoxy) is 1. The minimum Gasteiger partial charge on any atom is -0.508 e. The van der Waals surface area contributed by atoms with Gasteiger partial charge in [-0.3, -0.25) is 4.79 Å². The lowest BCUT2D eigenvalue weighted by Gasteiger charge is -2.21. The molecule has 0 bridgehead atoms. The van der Waals surface area contributed by atoms with Crippen molar-refractivity contribution in [2.75, 3.05) is 59.8 Å². The molecule has 0 spiro atoms. The fourth-order valence-corrected chi connectivity index (χ4v) is 2.52. The summed E-state index contributed by atoms with van der Waals surface area (Å²) < 4.78 is 5.08. The van der Waals surface area contributed by atoms with Crippen LogP contribution in [-0.2, 0) is 4.74 Å². The minimum absolute atomic E-state index is 0.0910. The van der Waals surface area contributed by atoms with E-state index in [1.165, 1.54) is 0 Å². The quantitative estimate of drug-likeness (QED) is 0.657. The van der Waals surface area contributed by atoms with E-state index in [0.717, 1.165) is 12.1 Å². The Bertz CT molecular complexity index is 765. The van der Waals surface area contributed by atoms with Gasteiger partial charge in [0.2, 0.25) is 0 Å². The summed E-state index contributed by atoms with van der Waals surface area (Å²) in [5.41, 5.74) is 1.97. The van der Waals surface area contributed by atoms with Gasteiger partial charge in [-0.15, -0.1) is 0 Å². The Morgan fingerprint density at radius 1 is 1.19 bits per heavy atom. The number of phenols is 1. The van der Waals surface area contributed by atoms with Gasteiger partial charge >= 0.3 is 0 Å². The van der Waals surface area contributed by atoms with Crippen molar-refractivity contribution in [2.45, 2.75) is 0 Å². The number of benzene rings is 1. The molecule has 0 saturated carbocycles. The smallest absolute Gasteiger partial charge is 0.257 e. The number of likely N-dealkylation sites (N-methyl/N-ethyl adjacent to an activating group) is 2. The van der Waals surface area contributed by atoms with Crippen LogP contribution < -0.4 is 5.32 Å². The Labute approximate surface area is 160 Å². The summed E-state index contributed by atoms with van der Waals surface area (Å²) in [5, 5.41) is 12.9. The van der Waals surface area contributed by atoms with E-state index in [4.69, 9.17) is 4.74 Å². The minimum atomic E-state index is -0.0910. The van der Waals surface area contributed by atoms with Crippen LogP contribution in [0.25, 0.3) is 11.3 Å². The van der Waals surface area contributed by atoms with Crippen LogP contribution in [-0.4, -0.2) is 80.3 Å². The molecule has 0 aliphatic carbocycles. The molecule has 27 heavy (non-hydrogen) atoms. The number of hydrogen-bond acceptors (Lipinski definition) is 6. The highest BCUT2D eigenvalue weighted by atomic mass is 16.5. The first kappa shape index (κ1) is 20.7. The van der Waals surface area contributed by atoms with Gasteiger partial charge in [0.05, 0.1) is 17.9 Å². The van der Waals surface area contributed by atoms with Crippen molar-refractivity contribution >= 4 is 11.7 Å². The van der Waals surface area contributed by atoms with Crippen molar-refractivity contribution in [2.24, 2.45) is 0 Å². The number of rotatable bonds is 9. The molecular formula is C20H28N4O3. The molecule has 2 aromatic rings. The van der Waals surface area contributed by atoms with Crippen LogP contribution in [0.15, 0.2) is 36.4 Å². The Balaban J connectivity index is 2.30. The third-order valence-corrected chi connectivity index (χ3v) is 4.10. The Morgan fingerprint density at radius 3 is 2.63 bits per heavy atom. The first-order chi connectivity index (χ1) is 12.9. The van der Waals surface area contributed by atoms with E-state index in [2.05, 4.69) is 10.3 Å². The molecule has 7 nitrogen and oxygen atoms in total. The molecule has 0 fully saturated rings. The molecule has 1 heterocycles. The van der Waals surface area contributed by atoms with Crippen LogP contribution in [0.1, 0.15) is 10.4 Å². The third-order valence-electron chi connectivity index (χ3n) is 4.10. The maximum Gasteiger partial charge on any atom is 0.257 e. The zero-order valence-electron chi connectivity index (χ0n) is 16.4. The van der Waals surface area contributed by atoms with E-state index in [1.807, 2.05) is 25.1 Å². The SMILES string of the molecule is COCCNc1nc(-c2cccc(O)c2)ccc1C(=O)N(C)CCN(C)C. The van der Waals surface area contributed by atoms with Gasteiger partial charge in [0, 0.05) is 39.4 Å². The van der Waals surface area contributed by atoms with Gasteiger partial charge < -0.3 is 25.0 Å². The number of pyridine rings is 1. The molecule has 0 aliphatic rings. The molecule has 0 saturated heterocycles. The van der Waals surface area contributed by atoms with E-state index < -0.39 is 0 Å². The normalized spacial score (nSPS) is 10.9. The average molecular weight is 372 g/mol. The topological polar surface area (TPSA) is 77.9 Å². The molecule has 0 unspecified atom stereocenters. The predicted molar refractivity (Wildman–Crippen MR) is 107 cm³/mol. The Kier molecular flexibility index (Phi) is 7.57. The number of aromatic nitrogens is 1. The fraction of sp³-hybridized carbons (Fsp3) is 0.400. The molecule has 2 rings (SSSR count). The zero-order valence-corrected chi connectivity index (χ0v) is 16.4. The number of amides is 1. The van der Waals surface area contributed by atoms with Crippen LogP contribution in [0.5, 0.6) is 5.75 Å². The lowest BCUT2D eigenvalue weighted by atomic mass is 10.1. The third kappa shape index (κ3) is 5.94. The highest BCUT2D eigenvalue weighted by molar-refractivity contribution is 5.99. The van der Waals surface area contributed by atoms with E-state index in [1.54, 1.807) is 49.4 Å². The van der Waals surface area contributed by atoms with E-state index in [0.29, 0.717) is 36.8 Å². The number of hydrogen-bond donors (Lipinski definition) is 2. The summed E-state index contributed by atoms with van der Waals surface area (Å²) in [4.78, 5) is 21.2. The highest BCUT2D eigenvalue weighted by Gasteiger charge is 2.18. The average Bonchev–Trinajstić information content (AvgIpc) is 2.65. The van der Waals surface area contributed by atoms with Crippen molar-refractivity contribution in [1.29, 1.82) is 0 Å². The van der Waals surface area contributed by atoms with Gasteiger partial charge in [-0.25, -0.2) is 4.98 Å². The monoisotopic (exact) mass is 372 g/mol. The molecule has 1 aromatic heterocycles. The van der Waals surface area contributed by atoms with Gasteiger partial charge in [0.25, 0.3) is 5.91 Å². The Morgan fingerprint density at radius 2 is 1.96 bits per heavy atom. The number of nitrogens with zero attached hydrogens (tertiary/aromatic N) is 3. The summed E-state index contributed by atoms with van der Waals surface area (Å²) in [6.07, 6.45) is 0. The van der Waals surface area contributed by atoms with Gasteiger partial charge in [-0.1, -0.05) is 12.1 Å². The molecule has 1 amide bonds. The number of anilines is 1. The second-order valence-electron chi connectivity index (χ2n) is 6.59. The summed E-state index contributed by atoms with van der Waals surface area (Å²) in [7, 11) is 7.36. The summed E-state index contributed by atoms with van der Waals surface area (Å²) >= 11 is 0. The predicted octanol–water partition coefficient (Wildman–Crippen LogP) is 2.15. The second kappa shape index (κ2) is 9.89. The molecule has 146 valence electrons. The molecule has 7 heteroatoms. The first-order valence-electron chi connectivity index (χ1n) is 8.86. The molecule has 0 aliphatic heterocycles. The van der Waals surface area contributed by atoms with Crippen molar-refractivity contribution in [3.63, 3.8) is 0 Å². The maximum absolute atomic E-state index is 12.9. The fourth-order valence-electron chi connectivity index (χ4n) is 2.52. The lowest BCUT2D eigenvalue weighted by molar-refractivity contribution is 0.0787. The van der Waals surface area contributed by atoms with Crippen molar-refractivity contribution < 1.29 is 14.6 Å². The number of methoxy groups -OCH3 is 1.